The minimum atomic E-state index is -0.0650. The molecule has 1 fully saturated rings. The molecule has 0 spiro atoms. The van der Waals surface area contributed by atoms with Crippen molar-refractivity contribution >= 4 is 22.2 Å². The number of thiophene rings is 1. The molecule has 1 atom stereocenters. The van der Waals surface area contributed by atoms with Gasteiger partial charge in [0, 0.05) is 16.0 Å². The second-order valence-electron chi connectivity index (χ2n) is 8.74. The van der Waals surface area contributed by atoms with Gasteiger partial charge >= 0.3 is 0 Å². The van der Waals surface area contributed by atoms with Gasteiger partial charge in [0.05, 0.1) is 13.2 Å². The van der Waals surface area contributed by atoms with Gasteiger partial charge in [-0.05, 0) is 81.1 Å². The Morgan fingerprint density at radius 1 is 1.09 bits per heavy atom. The highest BCUT2D eigenvalue weighted by molar-refractivity contribution is 7.16. The standard InChI is InChI=1S/C27H32N2O2S/c1-18-13-15-29(16-14-18)25(22-11-8-12-23(17-22)31-4)24-19(2)20(3)32-27(24)28-26(30)21-9-6-5-7-10-21/h5-12,17-18,25H,13-16H2,1-4H3,(H,28,30)/t25-/m1/s1. The Bertz CT molecular complexity index is 1070. The van der Waals surface area contributed by atoms with Crippen LogP contribution in [0.25, 0.3) is 0 Å². The molecule has 0 saturated carbocycles. The zero-order valence-electron chi connectivity index (χ0n) is 19.4. The predicted molar refractivity (Wildman–Crippen MR) is 133 cm³/mol. The van der Waals surface area contributed by atoms with Gasteiger partial charge in [-0.15, -0.1) is 11.3 Å². The van der Waals surface area contributed by atoms with Crippen LogP contribution in [0.5, 0.6) is 5.75 Å². The third kappa shape index (κ3) is 4.74. The first-order valence-electron chi connectivity index (χ1n) is 11.3. The van der Waals surface area contributed by atoms with Crippen LogP contribution in [0.15, 0.2) is 54.6 Å². The monoisotopic (exact) mass is 448 g/mol. The second-order valence-corrected chi connectivity index (χ2v) is 9.97. The topological polar surface area (TPSA) is 41.6 Å². The van der Waals surface area contributed by atoms with E-state index in [1.165, 1.54) is 34.4 Å². The maximum absolute atomic E-state index is 13.0. The highest BCUT2D eigenvalue weighted by atomic mass is 32.1. The molecule has 1 N–H and O–H groups in total. The Kier molecular flexibility index (Phi) is 6.97. The van der Waals surface area contributed by atoms with E-state index >= 15 is 0 Å². The van der Waals surface area contributed by atoms with Gasteiger partial charge in [-0.2, -0.15) is 0 Å². The fourth-order valence-electron chi connectivity index (χ4n) is 4.49. The van der Waals surface area contributed by atoms with E-state index in [-0.39, 0.29) is 11.9 Å². The van der Waals surface area contributed by atoms with Crippen LogP contribution in [0.3, 0.4) is 0 Å². The number of benzene rings is 2. The number of anilines is 1. The summed E-state index contributed by atoms with van der Waals surface area (Å²) in [5.74, 6) is 1.54. The van der Waals surface area contributed by atoms with Gasteiger partial charge in [0.25, 0.3) is 5.91 Å². The number of piperidine rings is 1. The quantitative estimate of drug-likeness (QED) is 0.471. The summed E-state index contributed by atoms with van der Waals surface area (Å²) in [5, 5.41) is 4.18. The number of nitrogens with zero attached hydrogens (tertiary/aromatic N) is 1. The molecule has 168 valence electrons. The summed E-state index contributed by atoms with van der Waals surface area (Å²) in [6, 6.07) is 17.9. The molecule has 0 unspecified atom stereocenters. The second kappa shape index (κ2) is 9.88. The molecular weight excluding hydrogens is 416 g/mol. The summed E-state index contributed by atoms with van der Waals surface area (Å²) in [5.41, 5.74) is 4.34. The van der Waals surface area contributed by atoms with Crippen molar-refractivity contribution in [1.82, 2.24) is 4.90 Å². The van der Waals surface area contributed by atoms with Crippen LogP contribution in [0.1, 0.15) is 57.7 Å². The molecule has 3 aromatic rings. The highest BCUT2D eigenvalue weighted by Crippen LogP contribution is 2.44. The predicted octanol–water partition coefficient (Wildman–Crippen LogP) is 6.45. The zero-order chi connectivity index (χ0) is 22.7. The number of likely N-dealkylation sites (tertiary alicyclic amines) is 1. The molecule has 1 aliphatic heterocycles. The summed E-state index contributed by atoms with van der Waals surface area (Å²) in [6.45, 7) is 8.75. The van der Waals surface area contributed by atoms with Crippen molar-refractivity contribution < 1.29 is 9.53 Å². The third-order valence-corrected chi connectivity index (χ3v) is 7.70. The molecule has 1 aliphatic rings. The molecule has 5 heteroatoms. The Balaban J connectivity index is 1.77. The van der Waals surface area contributed by atoms with Gasteiger partial charge in [0.15, 0.2) is 0 Å². The molecule has 0 bridgehead atoms. The summed E-state index contributed by atoms with van der Waals surface area (Å²) < 4.78 is 5.55. The number of rotatable bonds is 6. The Labute approximate surface area is 195 Å². The molecule has 0 aliphatic carbocycles. The Morgan fingerprint density at radius 2 is 1.81 bits per heavy atom. The van der Waals surface area contributed by atoms with Crippen LogP contribution in [0.2, 0.25) is 0 Å². The van der Waals surface area contributed by atoms with Crippen molar-refractivity contribution in [3.8, 4) is 5.75 Å². The molecule has 4 rings (SSSR count). The summed E-state index contributed by atoms with van der Waals surface area (Å²) >= 11 is 1.67. The van der Waals surface area contributed by atoms with E-state index in [0.717, 1.165) is 29.8 Å². The number of aryl methyl sites for hydroxylation is 1. The lowest BCUT2D eigenvalue weighted by atomic mass is 9.91. The molecule has 1 aromatic heterocycles. The number of carbonyl (C=O) groups is 1. The van der Waals surface area contributed by atoms with E-state index in [1.807, 2.05) is 36.4 Å². The molecular formula is C27H32N2O2S. The fraction of sp³-hybridized carbons (Fsp3) is 0.370. The lowest BCUT2D eigenvalue weighted by molar-refractivity contribution is 0.102. The van der Waals surface area contributed by atoms with Crippen molar-refractivity contribution in [2.24, 2.45) is 5.92 Å². The molecule has 0 radical (unpaired) electrons. The van der Waals surface area contributed by atoms with Gasteiger partial charge < -0.3 is 10.1 Å². The van der Waals surface area contributed by atoms with Crippen molar-refractivity contribution in [2.75, 3.05) is 25.5 Å². The average Bonchev–Trinajstić information content (AvgIpc) is 3.09. The van der Waals surface area contributed by atoms with Crippen molar-refractivity contribution in [3.05, 3.63) is 81.7 Å². The van der Waals surface area contributed by atoms with Crippen molar-refractivity contribution in [1.29, 1.82) is 0 Å². The van der Waals surface area contributed by atoms with Gasteiger partial charge in [0.1, 0.15) is 10.8 Å². The summed E-state index contributed by atoms with van der Waals surface area (Å²) in [7, 11) is 1.71. The Morgan fingerprint density at radius 3 is 2.50 bits per heavy atom. The first-order chi connectivity index (χ1) is 15.5. The molecule has 32 heavy (non-hydrogen) atoms. The number of amides is 1. The minimum Gasteiger partial charge on any atom is -0.497 e. The van der Waals surface area contributed by atoms with Crippen LogP contribution in [0, 0.1) is 19.8 Å². The van der Waals surface area contributed by atoms with Gasteiger partial charge in [0.2, 0.25) is 0 Å². The fourth-order valence-corrected chi connectivity index (χ4v) is 5.58. The van der Waals surface area contributed by atoms with Gasteiger partial charge in [-0.25, -0.2) is 0 Å². The number of methoxy groups -OCH3 is 1. The first-order valence-corrected chi connectivity index (χ1v) is 12.1. The van der Waals surface area contributed by atoms with E-state index in [0.29, 0.717) is 5.56 Å². The number of nitrogens with one attached hydrogen (secondary N) is 1. The Hall–Kier alpha value is -2.63. The number of hydrogen-bond acceptors (Lipinski definition) is 4. The number of ether oxygens (including phenoxy) is 1. The lowest BCUT2D eigenvalue weighted by Gasteiger charge is -2.38. The smallest absolute Gasteiger partial charge is 0.256 e. The summed E-state index contributed by atoms with van der Waals surface area (Å²) in [6.07, 6.45) is 2.38. The maximum Gasteiger partial charge on any atom is 0.256 e. The lowest BCUT2D eigenvalue weighted by Crippen LogP contribution is -2.37. The van der Waals surface area contributed by atoms with E-state index in [1.54, 1.807) is 18.4 Å². The molecule has 1 saturated heterocycles. The van der Waals surface area contributed by atoms with Crippen LogP contribution >= 0.6 is 11.3 Å². The van der Waals surface area contributed by atoms with Gasteiger partial charge in [-0.1, -0.05) is 37.3 Å². The van der Waals surface area contributed by atoms with Crippen LogP contribution in [0.4, 0.5) is 5.00 Å². The number of carbonyl (C=O) groups excluding carboxylic acids is 1. The van der Waals surface area contributed by atoms with E-state index in [4.69, 9.17) is 4.74 Å². The van der Waals surface area contributed by atoms with Crippen molar-refractivity contribution in [2.45, 2.75) is 39.7 Å². The minimum absolute atomic E-state index is 0.0650. The number of hydrogen-bond donors (Lipinski definition) is 1. The first kappa shape index (κ1) is 22.6. The van der Waals surface area contributed by atoms with E-state index in [2.05, 4.69) is 49.2 Å². The van der Waals surface area contributed by atoms with Gasteiger partial charge in [-0.3, -0.25) is 9.69 Å². The highest BCUT2D eigenvalue weighted by Gasteiger charge is 2.31. The molecule has 1 amide bonds. The van der Waals surface area contributed by atoms with Crippen LogP contribution < -0.4 is 10.1 Å². The third-order valence-electron chi connectivity index (χ3n) is 6.56. The van der Waals surface area contributed by atoms with Crippen LogP contribution in [-0.4, -0.2) is 31.0 Å². The normalized spacial score (nSPS) is 16.0. The average molecular weight is 449 g/mol. The van der Waals surface area contributed by atoms with E-state index in [9.17, 15) is 4.79 Å². The summed E-state index contributed by atoms with van der Waals surface area (Å²) in [4.78, 5) is 16.8. The molecule has 2 aromatic carbocycles. The maximum atomic E-state index is 13.0. The largest absolute Gasteiger partial charge is 0.497 e. The van der Waals surface area contributed by atoms with Crippen LogP contribution in [-0.2, 0) is 0 Å². The SMILES string of the molecule is COc1cccc([C@H](c2c(NC(=O)c3ccccc3)sc(C)c2C)N2CCC(C)CC2)c1. The van der Waals surface area contributed by atoms with Crippen molar-refractivity contribution in [3.63, 3.8) is 0 Å². The molecule has 4 nitrogen and oxygen atoms in total. The molecule has 2 heterocycles. The zero-order valence-corrected chi connectivity index (χ0v) is 20.2. The van der Waals surface area contributed by atoms with E-state index < -0.39 is 0 Å².